The number of nitrogens with one attached hydrogen (secondary N) is 1. The normalized spacial score (nSPS) is 11.8. The second-order valence-corrected chi connectivity index (χ2v) is 4.80. The number of nitrogens with two attached hydrogens (primary N) is 1. The second-order valence-electron chi connectivity index (χ2n) is 4.80. The quantitative estimate of drug-likeness (QED) is 0.365. The first-order valence-electron chi connectivity index (χ1n) is 5.49. The van der Waals surface area contributed by atoms with Crippen molar-refractivity contribution in [2.45, 2.75) is 39.4 Å². The zero-order valence-corrected chi connectivity index (χ0v) is 13.4. The molecule has 1 rings (SSSR count). The number of nitrogens with zero attached hydrogens (tertiary/aromatic N) is 4. The molecule has 0 spiro atoms. The monoisotopic (exact) mass is 364 g/mol. The predicted octanol–water partition coefficient (Wildman–Crippen LogP) is 1.28. The van der Waals surface area contributed by atoms with E-state index in [1.807, 2.05) is 27.0 Å². The van der Waals surface area contributed by atoms with E-state index in [4.69, 9.17) is 5.73 Å². The van der Waals surface area contributed by atoms with Gasteiger partial charge in [0.15, 0.2) is 5.96 Å². The van der Waals surface area contributed by atoms with Crippen molar-refractivity contribution in [3.8, 4) is 0 Å². The molecule has 18 heavy (non-hydrogen) atoms. The zero-order valence-electron chi connectivity index (χ0n) is 11.1. The van der Waals surface area contributed by atoms with Gasteiger partial charge >= 0.3 is 0 Å². The van der Waals surface area contributed by atoms with Crippen LogP contribution in [0.5, 0.6) is 0 Å². The molecule has 0 saturated carbocycles. The van der Waals surface area contributed by atoms with Gasteiger partial charge in [0.05, 0.1) is 19.3 Å². The third kappa shape index (κ3) is 6.58. The summed E-state index contributed by atoms with van der Waals surface area (Å²) in [6, 6.07) is 0. The topological polar surface area (TPSA) is 81.1 Å². The van der Waals surface area contributed by atoms with Crippen LogP contribution in [-0.4, -0.2) is 26.5 Å². The third-order valence-corrected chi connectivity index (χ3v) is 1.82. The maximum Gasteiger partial charge on any atom is 0.189 e. The molecule has 0 unspecified atom stereocenters. The molecule has 1 heterocycles. The first kappa shape index (κ1) is 16.9. The molecule has 0 radical (unpaired) electrons. The van der Waals surface area contributed by atoms with Crippen LogP contribution in [0, 0.1) is 0 Å². The van der Waals surface area contributed by atoms with Crippen LogP contribution in [0.1, 0.15) is 26.5 Å². The Kier molecular flexibility index (Phi) is 6.89. The second kappa shape index (κ2) is 7.34. The molecule has 0 aliphatic rings. The number of aliphatic imine (C=N–C) groups is 1. The van der Waals surface area contributed by atoms with Gasteiger partial charge in [-0.2, -0.15) is 0 Å². The van der Waals surface area contributed by atoms with Gasteiger partial charge in [0, 0.05) is 5.54 Å². The molecule has 0 fully saturated rings. The lowest BCUT2D eigenvalue weighted by molar-refractivity contribution is 0.508. The van der Waals surface area contributed by atoms with Crippen LogP contribution in [-0.2, 0) is 13.1 Å². The fourth-order valence-corrected chi connectivity index (χ4v) is 1.22. The smallest absolute Gasteiger partial charge is 0.189 e. The van der Waals surface area contributed by atoms with Crippen molar-refractivity contribution in [1.82, 2.24) is 20.3 Å². The number of hydrogen-bond acceptors (Lipinski definition) is 3. The Hall–Kier alpha value is -1.12. The van der Waals surface area contributed by atoms with E-state index in [1.54, 1.807) is 10.8 Å². The Morgan fingerprint density at radius 3 is 2.83 bits per heavy atom. The van der Waals surface area contributed by atoms with Crippen LogP contribution in [0.25, 0.3) is 0 Å². The minimum atomic E-state index is -0.0893. The molecule has 0 atom stereocenters. The van der Waals surface area contributed by atoms with Crippen molar-refractivity contribution in [2.24, 2.45) is 10.7 Å². The summed E-state index contributed by atoms with van der Waals surface area (Å²) in [5.41, 5.74) is 6.43. The summed E-state index contributed by atoms with van der Waals surface area (Å²) in [7, 11) is 0. The van der Waals surface area contributed by atoms with E-state index in [9.17, 15) is 0 Å². The summed E-state index contributed by atoms with van der Waals surface area (Å²) in [5.74, 6) is 0.413. The van der Waals surface area contributed by atoms with Crippen molar-refractivity contribution in [3.05, 3.63) is 24.5 Å². The summed E-state index contributed by atoms with van der Waals surface area (Å²) in [6.07, 6.45) is 3.59. The van der Waals surface area contributed by atoms with Gasteiger partial charge in [-0.3, -0.25) is 0 Å². The van der Waals surface area contributed by atoms with Gasteiger partial charge in [-0.25, -0.2) is 9.67 Å². The predicted molar refractivity (Wildman–Crippen MR) is 83.8 cm³/mol. The van der Waals surface area contributed by atoms with Gasteiger partial charge < -0.3 is 11.1 Å². The average molecular weight is 364 g/mol. The van der Waals surface area contributed by atoms with Crippen molar-refractivity contribution in [2.75, 3.05) is 0 Å². The number of halogens is 1. The molecule has 6 nitrogen and oxygen atoms in total. The van der Waals surface area contributed by atoms with Crippen LogP contribution >= 0.6 is 24.0 Å². The van der Waals surface area contributed by atoms with Crippen molar-refractivity contribution < 1.29 is 0 Å². The van der Waals surface area contributed by atoms with E-state index < -0.39 is 0 Å². The van der Waals surface area contributed by atoms with E-state index in [0.717, 1.165) is 5.69 Å². The summed E-state index contributed by atoms with van der Waals surface area (Å²) in [4.78, 5) is 4.19. The van der Waals surface area contributed by atoms with Gasteiger partial charge in [0.1, 0.15) is 5.69 Å². The molecule has 0 aliphatic heterocycles. The van der Waals surface area contributed by atoms with Crippen LogP contribution in [0.2, 0.25) is 0 Å². The number of allylic oxidation sites excluding steroid dienone is 1. The van der Waals surface area contributed by atoms with Gasteiger partial charge in [-0.1, -0.05) is 11.3 Å². The molecule has 1 aromatic rings. The maximum atomic E-state index is 5.74. The maximum absolute atomic E-state index is 5.74. The average Bonchev–Trinajstić information content (AvgIpc) is 2.61. The molecule has 1 aromatic heterocycles. The fraction of sp³-hybridized carbons (Fsp3) is 0.545. The molecule has 0 saturated heterocycles. The standard InChI is InChI=1S/C11H20N6.HI/c1-5-6-17-8-9(15-16-17)7-13-10(12)14-11(2,3)4;/h5,8H,1,6-7H2,2-4H3,(H3,12,13,14);1H. The highest BCUT2D eigenvalue weighted by molar-refractivity contribution is 14.0. The Balaban J connectivity index is 0.00000289. The molecule has 0 bridgehead atoms. The van der Waals surface area contributed by atoms with E-state index in [-0.39, 0.29) is 29.5 Å². The molecule has 102 valence electrons. The first-order chi connectivity index (χ1) is 7.90. The highest BCUT2D eigenvalue weighted by atomic mass is 127. The van der Waals surface area contributed by atoms with Crippen molar-refractivity contribution in [1.29, 1.82) is 0 Å². The van der Waals surface area contributed by atoms with Crippen LogP contribution in [0.3, 0.4) is 0 Å². The molecule has 0 aliphatic carbocycles. The summed E-state index contributed by atoms with van der Waals surface area (Å²) in [6.45, 7) is 10.8. The molecular weight excluding hydrogens is 343 g/mol. The van der Waals surface area contributed by atoms with E-state index >= 15 is 0 Å². The van der Waals surface area contributed by atoms with Crippen LogP contribution < -0.4 is 11.1 Å². The van der Waals surface area contributed by atoms with Gasteiger partial charge in [-0.15, -0.1) is 35.7 Å². The lowest BCUT2D eigenvalue weighted by atomic mass is 10.1. The van der Waals surface area contributed by atoms with Gasteiger partial charge in [0.2, 0.25) is 0 Å². The minimum absolute atomic E-state index is 0. The molecule has 0 amide bonds. The molecule has 3 N–H and O–H groups in total. The van der Waals surface area contributed by atoms with Gasteiger partial charge in [-0.05, 0) is 20.8 Å². The Morgan fingerprint density at radius 2 is 2.28 bits per heavy atom. The third-order valence-electron chi connectivity index (χ3n) is 1.82. The highest BCUT2D eigenvalue weighted by Gasteiger charge is 2.09. The summed E-state index contributed by atoms with van der Waals surface area (Å²) in [5, 5.41) is 11.0. The number of rotatable bonds is 4. The largest absolute Gasteiger partial charge is 0.370 e. The Morgan fingerprint density at radius 1 is 1.61 bits per heavy atom. The van der Waals surface area contributed by atoms with Crippen molar-refractivity contribution >= 4 is 29.9 Å². The summed E-state index contributed by atoms with van der Waals surface area (Å²) < 4.78 is 1.70. The van der Waals surface area contributed by atoms with Crippen molar-refractivity contribution in [3.63, 3.8) is 0 Å². The van der Waals surface area contributed by atoms with Gasteiger partial charge in [0.25, 0.3) is 0 Å². The molecule has 7 heteroatoms. The zero-order chi connectivity index (χ0) is 12.9. The first-order valence-corrected chi connectivity index (χ1v) is 5.49. The lowest BCUT2D eigenvalue weighted by Crippen LogP contribution is -2.44. The molecular formula is C11H21IN6. The number of guanidine groups is 1. The highest BCUT2D eigenvalue weighted by Crippen LogP contribution is 1.99. The molecule has 0 aromatic carbocycles. The summed E-state index contributed by atoms with van der Waals surface area (Å²) >= 11 is 0. The number of aromatic nitrogens is 3. The van der Waals surface area contributed by atoms with Crippen LogP contribution in [0.15, 0.2) is 23.8 Å². The fourth-order valence-electron chi connectivity index (χ4n) is 1.22. The minimum Gasteiger partial charge on any atom is -0.370 e. The van der Waals surface area contributed by atoms with E-state index in [0.29, 0.717) is 19.0 Å². The Bertz CT molecular complexity index is 404. The van der Waals surface area contributed by atoms with E-state index in [1.165, 1.54) is 0 Å². The van der Waals surface area contributed by atoms with E-state index in [2.05, 4.69) is 27.2 Å². The van der Waals surface area contributed by atoms with Crippen LogP contribution in [0.4, 0.5) is 0 Å². The number of hydrogen-bond donors (Lipinski definition) is 2. The Labute approximate surface area is 125 Å². The lowest BCUT2D eigenvalue weighted by Gasteiger charge is -2.20. The SMILES string of the molecule is C=CCn1cc(CN=C(N)NC(C)(C)C)nn1.I.